The molecule has 1 atom stereocenters. The summed E-state index contributed by atoms with van der Waals surface area (Å²) < 4.78 is 0.995. The Morgan fingerprint density at radius 3 is 2.67 bits per heavy atom. The van der Waals surface area contributed by atoms with Gasteiger partial charge in [-0.1, -0.05) is 83.4 Å². The molecule has 1 fully saturated rings. The number of oxime groups is 1. The molecule has 0 aromatic heterocycles. The van der Waals surface area contributed by atoms with Gasteiger partial charge in [0.1, 0.15) is 0 Å². The normalized spacial score (nSPS) is 26.8. The minimum Gasteiger partial charge on any atom is -0.380 e. The van der Waals surface area contributed by atoms with Crippen molar-refractivity contribution in [3.63, 3.8) is 0 Å². The summed E-state index contributed by atoms with van der Waals surface area (Å²) in [5.74, 6) is 0.636. The van der Waals surface area contributed by atoms with Crippen LogP contribution < -0.4 is 0 Å². The predicted octanol–water partition coefficient (Wildman–Crippen LogP) is 5.23. The van der Waals surface area contributed by atoms with E-state index in [1.165, 1.54) is 43.4 Å². The van der Waals surface area contributed by atoms with E-state index in [0.29, 0.717) is 5.92 Å². The first-order chi connectivity index (χ1) is 10.3. The summed E-state index contributed by atoms with van der Waals surface area (Å²) in [6.07, 6.45) is 11.9. The molecular formula is C18H22INO. The Balaban J connectivity index is 1.82. The molecule has 1 aliphatic carbocycles. The van der Waals surface area contributed by atoms with Gasteiger partial charge in [-0.15, -0.1) is 0 Å². The van der Waals surface area contributed by atoms with E-state index >= 15 is 0 Å². The van der Waals surface area contributed by atoms with Gasteiger partial charge in [-0.25, -0.2) is 0 Å². The minimum absolute atomic E-state index is 0.376. The lowest BCUT2D eigenvalue weighted by molar-refractivity contribution is 0.0176. The minimum atomic E-state index is -0.376. The molecule has 0 amide bonds. The fourth-order valence-electron chi connectivity index (χ4n) is 3.42. The SMILES string of the molecule is IC/C=C/[C@@]1(c2ccccc2)CC(C2CCCCC2)=NO1. The maximum absolute atomic E-state index is 5.99. The summed E-state index contributed by atoms with van der Waals surface area (Å²) in [4.78, 5) is 5.99. The van der Waals surface area contributed by atoms with Crippen molar-refractivity contribution in [3.8, 4) is 0 Å². The summed E-state index contributed by atoms with van der Waals surface area (Å²) in [5.41, 5.74) is 2.11. The Kier molecular flexibility index (Phi) is 4.99. The molecule has 2 aliphatic rings. The summed E-state index contributed by atoms with van der Waals surface area (Å²) in [6, 6.07) is 10.5. The summed E-state index contributed by atoms with van der Waals surface area (Å²) in [7, 11) is 0. The van der Waals surface area contributed by atoms with Crippen LogP contribution in [0.3, 0.4) is 0 Å². The van der Waals surface area contributed by atoms with Crippen molar-refractivity contribution in [2.45, 2.75) is 44.1 Å². The number of rotatable bonds is 4. The van der Waals surface area contributed by atoms with E-state index in [9.17, 15) is 0 Å². The average Bonchev–Trinajstić information content (AvgIpc) is 3.00. The lowest BCUT2D eigenvalue weighted by Crippen LogP contribution is -2.26. The first-order valence-corrected chi connectivity index (χ1v) is 9.41. The van der Waals surface area contributed by atoms with Crippen LogP contribution in [0, 0.1) is 5.92 Å². The van der Waals surface area contributed by atoms with Crippen molar-refractivity contribution in [2.24, 2.45) is 11.1 Å². The van der Waals surface area contributed by atoms with Crippen LogP contribution in [0.4, 0.5) is 0 Å². The monoisotopic (exact) mass is 395 g/mol. The van der Waals surface area contributed by atoms with Crippen molar-refractivity contribution in [2.75, 3.05) is 4.43 Å². The van der Waals surface area contributed by atoms with E-state index in [4.69, 9.17) is 4.84 Å². The van der Waals surface area contributed by atoms with Crippen LogP contribution in [0.5, 0.6) is 0 Å². The van der Waals surface area contributed by atoms with Gasteiger partial charge >= 0.3 is 0 Å². The maximum Gasteiger partial charge on any atom is 0.186 e. The topological polar surface area (TPSA) is 21.6 Å². The van der Waals surface area contributed by atoms with E-state index < -0.39 is 0 Å². The van der Waals surface area contributed by atoms with Crippen LogP contribution in [-0.4, -0.2) is 10.1 Å². The van der Waals surface area contributed by atoms with Crippen molar-refractivity contribution in [3.05, 3.63) is 48.0 Å². The second kappa shape index (κ2) is 6.95. The number of halogens is 1. The molecule has 0 radical (unpaired) electrons. The van der Waals surface area contributed by atoms with Crippen molar-refractivity contribution in [1.29, 1.82) is 0 Å². The molecule has 0 bridgehead atoms. The first-order valence-electron chi connectivity index (χ1n) is 7.88. The van der Waals surface area contributed by atoms with Gasteiger partial charge in [0.25, 0.3) is 0 Å². The third-order valence-corrected chi connectivity index (χ3v) is 5.09. The van der Waals surface area contributed by atoms with Crippen LogP contribution in [-0.2, 0) is 10.4 Å². The molecule has 1 aliphatic heterocycles. The number of allylic oxidation sites excluding steroid dienone is 1. The molecule has 3 heteroatoms. The fraction of sp³-hybridized carbons (Fsp3) is 0.500. The first kappa shape index (κ1) is 15.1. The highest BCUT2D eigenvalue weighted by atomic mass is 127. The van der Waals surface area contributed by atoms with Gasteiger partial charge in [0.2, 0.25) is 0 Å². The number of nitrogens with zero attached hydrogens (tertiary/aromatic N) is 1. The highest BCUT2D eigenvalue weighted by Crippen LogP contribution is 2.40. The molecule has 112 valence electrons. The smallest absolute Gasteiger partial charge is 0.186 e. The molecule has 0 unspecified atom stereocenters. The van der Waals surface area contributed by atoms with Crippen LogP contribution in [0.1, 0.15) is 44.1 Å². The number of benzene rings is 1. The molecule has 1 saturated carbocycles. The van der Waals surface area contributed by atoms with E-state index in [1.54, 1.807) is 0 Å². The van der Waals surface area contributed by atoms with Crippen LogP contribution >= 0.6 is 22.6 Å². The van der Waals surface area contributed by atoms with Gasteiger partial charge in [-0.05, 0) is 18.9 Å². The molecule has 3 rings (SSSR count). The number of hydrogen-bond acceptors (Lipinski definition) is 2. The van der Waals surface area contributed by atoms with Gasteiger partial charge in [0, 0.05) is 22.3 Å². The van der Waals surface area contributed by atoms with Crippen LogP contribution in [0.15, 0.2) is 47.6 Å². The number of alkyl halides is 1. The van der Waals surface area contributed by atoms with E-state index in [2.05, 4.69) is 70.2 Å². The zero-order chi connectivity index (χ0) is 14.5. The number of hydrogen-bond donors (Lipinski definition) is 0. The Labute approximate surface area is 140 Å². The Morgan fingerprint density at radius 1 is 1.19 bits per heavy atom. The molecule has 0 saturated heterocycles. The average molecular weight is 395 g/mol. The Bertz CT molecular complexity index is 519. The molecule has 2 nitrogen and oxygen atoms in total. The van der Waals surface area contributed by atoms with Gasteiger partial charge in [0.15, 0.2) is 5.60 Å². The quantitative estimate of drug-likeness (QED) is 0.389. The molecule has 0 spiro atoms. The molecule has 0 N–H and O–H groups in total. The van der Waals surface area contributed by atoms with Gasteiger partial charge in [-0.2, -0.15) is 0 Å². The largest absolute Gasteiger partial charge is 0.380 e. The summed E-state index contributed by atoms with van der Waals surface area (Å²) >= 11 is 2.37. The summed E-state index contributed by atoms with van der Waals surface area (Å²) in [5, 5.41) is 4.51. The molecule has 1 aromatic rings. The van der Waals surface area contributed by atoms with E-state index in [-0.39, 0.29) is 5.60 Å². The third kappa shape index (κ3) is 3.33. The third-order valence-electron chi connectivity index (χ3n) is 4.58. The predicted molar refractivity (Wildman–Crippen MR) is 95.9 cm³/mol. The highest BCUT2D eigenvalue weighted by Gasteiger charge is 2.40. The zero-order valence-electron chi connectivity index (χ0n) is 12.3. The highest BCUT2D eigenvalue weighted by molar-refractivity contribution is 14.1. The van der Waals surface area contributed by atoms with Crippen LogP contribution in [0.2, 0.25) is 0 Å². The standard InChI is InChI=1S/C18H22INO/c19-13-7-12-18(16-10-5-2-6-11-16)14-17(20-21-18)15-8-3-1-4-9-15/h2,5-7,10-12,15H,1,3-4,8-9,13-14H2/b12-7+/t18-/m0/s1. The molecular weight excluding hydrogens is 373 g/mol. The Morgan fingerprint density at radius 2 is 1.95 bits per heavy atom. The molecule has 1 heterocycles. The second-order valence-electron chi connectivity index (χ2n) is 6.00. The molecule has 21 heavy (non-hydrogen) atoms. The maximum atomic E-state index is 5.99. The van der Waals surface area contributed by atoms with Crippen LogP contribution in [0.25, 0.3) is 0 Å². The van der Waals surface area contributed by atoms with Gasteiger partial charge in [-0.3, -0.25) is 0 Å². The van der Waals surface area contributed by atoms with E-state index in [1.807, 2.05) is 0 Å². The van der Waals surface area contributed by atoms with Crippen molar-refractivity contribution in [1.82, 2.24) is 0 Å². The Hall–Kier alpha value is -0.840. The van der Waals surface area contributed by atoms with Crippen molar-refractivity contribution < 1.29 is 4.84 Å². The van der Waals surface area contributed by atoms with E-state index in [0.717, 1.165) is 10.8 Å². The second-order valence-corrected chi connectivity index (χ2v) is 6.88. The fourth-order valence-corrected chi connectivity index (χ4v) is 3.68. The lowest BCUT2D eigenvalue weighted by atomic mass is 9.80. The zero-order valence-corrected chi connectivity index (χ0v) is 14.5. The van der Waals surface area contributed by atoms with Gasteiger partial charge in [0.05, 0.1) is 5.71 Å². The van der Waals surface area contributed by atoms with Crippen molar-refractivity contribution >= 4 is 28.3 Å². The summed E-state index contributed by atoms with van der Waals surface area (Å²) in [6.45, 7) is 0. The lowest BCUT2D eigenvalue weighted by Gasteiger charge is -2.25. The molecule has 1 aromatic carbocycles. The van der Waals surface area contributed by atoms with Gasteiger partial charge < -0.3 is 4.84 Å².